The van der Waals surface area contributed by atoms with Crippen molar-refractivity contribution in [2.24, 2.45) is 5.92 Å². The van der Waals surface area contributed by atoms with Crippen molar-refractivity contribution in [1.82, 2.24) is 10.3 Å². The maximum atomic E-state index is 12.1. The van der Waals surface area contributed by atoms with Crippen molar-refractivity contribution in [1.29, 1.82) is 0 Å². The van der Waals surface area contributed by atoms with E-state index in [4.69, 9.17) is 4.74 Å². The smallest absolute Gasteiger partial charge is 0.329 e. The van der Waals surface area contributed by atoms with Gasteiger partial charge in [-0.2, -0.15) is 0 Å². The number of nitrogens with one attached hydrogen (secondary N) is 1. The second kappa shape index (κ2) is 6.35. The lowest BCUT2D eigenvalue weighted by molar-refractivity contribution is -0.158. The lowest BCUT2D eigenvalue weighted by atomic mass is 10.0. The highest BCUT2D eigenvalue weighted by Gasteiger charge is 2.29. The molecule has 0 unspecified atom stereocenters. The van der Waals surface area contributed by atoms with Crippen molar-refractivity contribution in [2.75, 3.05) is 0 Å². The maximum absolute atomic E-state index is 12.1. The Morgan fingerprint density at radius 2 is 1.95 bits per heavy atom. The van der Waals surface area contributed by atoms with Crippen LogP contribution in [0, 0.1) is 12.8 Å². The van der Waals surface area contributed by atoms with Gasteiger partial charge in [-0.3, -0.25) is 4.79 Å². The molecular formula is C14H22N2O3S. The number of aromatic nitrogens is 1. The second-order valence-corrected chi connectivity index (χ2v) is 7.04. The predicted molar refractivity (Wildman–Crippen MR) is 78.8 cm³/mol. The van der Waals surface area contributed by atoms with Gasteiger partial charge in [-0.1, -0.05) is 13.8 Å². The first-order valence-corrected chi connectivity index (χ1v) is 7.44. The van der Waals surface area contributed by atoms with Crippen LogP contribution in [0.1, 0.15) is 50.1 Å². The quantitative estimate of drug-likeness (QED) is 0.867. The molecule has 0 saturated carbocycles. The van der Waals surface area contributed by atoms with Crippen molar-refractivity contribution < 1.29 is 14.3 Å². The third-order valence-corrected chi connectivity index (χ3v) is 3.24. The minimum Gasteiger partial charge on any atom is -0.458 e. The molecule has 0 fully saturated rings. The van der Waals surface area contributed by atoms with Gasteiger partial charge in [0.25, 0.3) is 5.91 Å². The molecule has 20 heavy (non-hydrogen) atoms. The summed E-state index contributed by atoms with van der Waals surface area (Å²) in [4.78, 5) is 28.3. The van der Waals surface area contributed by atoms with E-state index >= 15 is 0 Å². The molecule has 0 spiro atoms. The first-order chi connectivity index (χ1) is 9.10. The number of esters is 1. The molecule has 0 bridgehead atoms. The number of nitrogens with zero attached hydrogens (tertiary/aromatic N) is 1. The van der Waals surface area contributed by atoms with Crippen LogP contribution in [0.4, 0.5) is 0 Å². The van der Waals surface area contributed by atoms with E-state index in [2.05, 4.69) is 10.3 Å². The molecule has 1 aromatic rings. The Morgan fingerprint density at radius 3 is 2.35 bits per heavy atom. The SMILES string of the molecule is Cc1nc(C(=O)N[C@H](C(=O)OC(C)(C)C)C(C)C)cs1. The number of hydrogen-bond donors (Lipinski definition) is 1. The van der Waals surface area contributed by atoms with E-state index in [0.717, 1.165) is 5.01 Å². The first-order valence-electron chi connectivity index (χ1n) is 6.56. The lowest BCUT2D eigenvalue weighted by Gasteiger charge is -2.26. The fourth-order valence-electron chi connectivity index (χ4n) is 1.55. The van der Waals surface area contributed by atoms with Gasteiger partial charge in [-0.25, -0.2) is 9.78 Å². The molecular weight excluding hydrogens is 276 g/mol. The zero-order valence-electron chi connectivity index (χ0n) is 12.8. The average Bonchev–Trinajstić information content (AvgIpc) is 2.69. The summed E-state index contributed by atoms with van der Waals surface area (Å²) in [6.45, 7) is 11.0. The molecule has 1 N–H and O–H groups in total. The number of hydrogen-bond acceptors (Lipinski definition) is 5. The van der Waals surface area contributed by atoms with E-state index in [-0.39, 0.29) is 11.8 Å². The summed E-state index contributed by atoms with van der Waals surface area (Å²) >= 11 is 1.40. The molecule has 1 heterocycles. The molecule has 6 heteroatoms. The summed E-state index contributed by atoms with van der Waals surface area (Å²) in [5.41, 5.74) is -0.242. The van der Waals surface area contributed by atoms with Crippen molar-refractivity contribution in [3.8, 4) is 0 Å². The number of rotatable bonds is 4. The van der Waals surface area contributed by atoms with Gasteiger partial charge >= 0.3 is 5.97 Å². The zero-order valence-corrected chi connectivity index (χ0v) is 13.6. The van der Waals surface area contributed by atoms with E-state index in [1.165, 1.54) is 11.3 Å². The highest BCUT2D eigenvalue weighted by molar-refractivity contribution is 7.09. The zero-order chi connectivity index (χ0) is 15.5. The second-order valence-electron chi connectivity index (χ2n) is 5.98. The van der Waals surface area contributed by atoms with Gasteiger partial charge in [-0.15, -0.1) is 11.3 Å². The molecule has 1 atom stereocenters. The van der Waals surface area contributed by atoms with Crippen LogP contribution >= 0.6 is 11.3 Å². The Hall–Kier alpha value is -1.43. The molecule has 0 aliphatic rings. The fraction of sp³-hybridized carbons (Fsp3) is 0.643. The highest BCUT2D eigenvalue weighted by Crippen LogP contribution is 2.14. The molecule has 5 nitrogen and oxygen atoms in total. The van der Waals surface area contributed by atoms with Crippen LogP contribution in [0.3, 0.4) is 0 Å². The molecule has 1 amide bonds. The van der Waals surface area contributed by atoms with Crippen LogP contribution in [0.2, 0.25) is 0 Å². The lowest BCUT2D eigenvalue weighted by Crippen LogP contribution is -2.47. The van der Waals surface area contributed by atoms with Gasteiger partial charge in [0.05, 0.1) is 5.01 Å². The van der Waals surface area contributed by atoms with Gasteiger partial charge in [-0.05, 0) is 33.6 Å². The number of amides is 1. The minimum atomic E-state index is -0.677. The van der Waals surface area contributed by atoms with Crippen LogP contribution in [0.5, 0.6) is 0 Å². The Bertz CT molecular complexity index is 489. The average molecular weight is 298 g/mol. The van der Waals surface area contributed by atoms with Crippen LogP contribution in [-0.2, 0) is 9.53 Å². The summed E-state index contributed by atoms with van der Waals surface area (Å²) in [6, 6.07) is -0.677. The molecule has 112 valence electrons. The number of carbonyl (C=O) groups is 2. The minimum absolute atomic E-state index is 0.0615. The number of aryl methyl sites for hydroxylation is 1. The Labute approximate surface area is 123 Å². The standard InChI is InChI=1S/C14H22N2O3S/c1-8(2)11(13(18)19-14(4,5)6)16-12(17)10-7-20-9(3)15-10/h7-8,11H,1-6H3,(H,16,17)/t11-/m0/s1. The Kier molecular flexibility index (Phi) is 5.28. The summed E-state index contributed by atoms with van der Waals surface area (Å²) in [7, 11) is 0. The largest absolute Gasteiger partial charge is 0.458 e. The van der Waals surface area contributed by atoms with Crippen LogP contribution in [0.15, 0.2) is 5.38 Å². The molecule has 1 rings (SSSR count). The van der Waals surface area contributed by atoms with E-state index in [9.17, 15) is 9.59 Å². The van der Waals surface area contributed by atoms with E-state index < -0.39 is 17.6 Å². The molecule has 0 radical (unpaired) electrons. The van der Waals surface area contributed by atoms with E-state index in [0.29, 0.717) is 5.69 Å². The number of thiazole rings is 1. The van der Waals surface area contributed by atoms with Crippen LogP contribution in [-0.4, -0.2) is 28.5 Å². The molecule has 0 saturated heterocycles. The maximum Gasteiger partial charge on any atom is 0.329 e. The fourth-order valence-corrected chi connectivity index (χ4v) is 2.14. The summed E-state index contributed by atoms with van der Waals surface area (Å²) in [5, 5.41) is 5.19. The highest BCUT2D eigenvalue weighted by atomic mass is 32.1. The Balaban J connectivity index is 2.77. The van der Waals surface area contributed by atoms with Crippen molar-refractivity contribution in [3.05, 3.63) is 16.1 Å². The molecule has 1 aromatic heterocycles. The van der Waals surface area contributed by atoms with Gasteiger partial charge in [0.2, 0.25) is 0 Å². The summed E-state index contributed by atoms with van der Waals surface area (Å²) in [6.07, 6.45) is 0. The molecule has 0 aliphatic carbocycles. The number of carbonyl (C=O) groups excluding carboxylic acids is 2. The molecule has 0 aliphatic heterocycles. The third-order valence-electron chi connectivity index (χ3n) is 2.47. The van der Waals surface area contributed by atoms with Gasteiger partial charge < -0.3 is 10.1 Å². The number of ether oxygens (including phenoxy) is 1. The summed E-state index contributed by atoms with van der Waals surface area (Å²) < 4.78 is 5.33. The van der Waals surface area contributed by atoms with Gasteiger partial charge in [0.15, 0.2) is 0 Å². The normalized spacial score (nSPS) is 13.2. The van der Waals surface area contributed by atoms with Gasteiger partial charge in [0, 0.05) is 5.38 Å². The van der Waals surface area contributed by atoms with Crippen LogP contribution in [0.25, 0.3) is 0 Å². The van der Waals surface area contributed by atoms with Crippen LogP contribution < -0.4 is 5.32 Å². The molecule has 0 aromatic carbocycles. The third kappa shape index (κ3) is 4.92. The predicted octanol–water partition coefficient (Wildman–Crippen LogP) is 2.55. The van der Waals surface area contributed by atoms with Crippen molar-refractivity contribution >= 4 is 23.2 Å². The van der Waals surface area contributed by atoms with Gasteiger partial charge in [0.1, 0.15) is 17.3 Å². The Morgan fingerprint density at radius 1 is 1.35 bits per heavy atom. The van der Waals surface area contributed by atoms with Crippen molar-refractivity contribution in [2.45, 2.75) is 53.2 Å². The van der Waals surface area contributed by atoms with E-state index in [1.54, 1.807) is 26.2 Å². The monoisotopic (exact) mass is 298 g/mol. The first kappa shape index (κ1) is 16.6. The van der Waals surface area contributed by atoms with Crippen molar-refractivity contribution in [3.63, 3.8) is 0 Å². The summed E-state index contributed by atoms with van der Waals surface area (Å²) in [5.74, 6) is -0.833. The topological polar surface area (TPSA) is 68.3 Å². The van der Waals surface area contributed by atoms with E-state index in [1.807, 2.05) is 20.8 Å².